The van der Waals surface area contributed by atoms with Crippen molar-refractivity contribution < 1.29 is 18.8 Å². The van der Waals surface area contributed by atoms with Crippen molar-refractivity contribution in [3.8, 4) is 0 Å². The predicted octanol–water partition coefficient (Wildman–Crippen LogP) is 0.159. The van der Waals surface area contributed by atoms with Crippen molar-refractivity contribution in [2.24, 2.45) is 0 Å². The molecule has 1 aliphatic rings. The maximum atomic E-state index is 12.2. The molecule has 2 atom stereocenters. The van der Waals surface area contributed by atoms with E-state index in [4.69, 9.17) is 14.0 Å². The smallest absolute Gasteiger partial charge is 0.222 e. The third-order valence-corrected chi connectivity index (χ3v) is 4.22. The Bertz CT molecular complexity index is 667. The van der Waals surface area contributed by atoms with Crippen molar-refractivity contribution in [1.29, 1.82) is 0 Å². The first kappa shape index (κ1) is 17.5. The molecule has 0 bridgehead atoms. The maximum absolute atomic E-state index is 12.2. The summed E-state index contributed by atoms with van der Waals surface area (Å²) in [4.78, 5) is 12.2. The van der Waals surface area contributed by atoms with Gasteiger partial charge in [-0.2, -0.15) is 0 Å². The molecule has 1 amide bonds. The number of nitrogens with one attached hydrogen (secondary N) is 1. The minimum Gasteiger partial charge on any atom is -0.379 e. The van der Waals surface area contributed by atoms with Gasteiger partial charge in [0, 0.05) is 18.6 Å². The van der Waals surface area contributed by atoms with E-state index in [1.165, 1.54) is 11.0 Å². The Labute approximate surface area is 144 Å². The van der Waals surface area contributed by atoms with E-state index >= 15 is 0 Å². The average Bonchev–Trinajstić information content (AvgIpc) is 3.23. The van der Waals surface area contributed by atoms with Crippen LogP contribution in [-0.4, -0.2) is 56.6 Å². The lowest BCUT2D eigenvalue weighted by molar-refractivity contribution is -0.126. The van der Waals surface area contributed by atoms with Gasteiger partial charge >= 0.3 is 0 Å². The maximum Gasteiger partial charge on any atom is 0.222 e. The van der Waals surface area contributed by atoms with Gasteiger partial charge in [-0.15, -0.1) is 5.10 Å². The molecule has 1 N–H and O–H groups in total. The summed E-state index contributed by atoms with van der Waals surface area (Å²) in [7, 11) is 0. The van der Waals surface area contributed by atoms with Crippen molar-refractivity contribution in [2.75, 3.05) is 13.2 Å². The minimum absolute atomic E-state index is 0.0862. The lowest BCUT2D eigenvalue weighted by atomic mass is 10.1. The third kappa shape index (κ3) is 4.60. The zero-order valence-electron chi connectivity index (χ0n) is 14.3. The highest BCUT2D eigenvalue weighted by atomic mass is 16.5. The van der Waals surface area contributed by atoms with Crippen LogP contribution in [0.4, 0.5) is 0 Å². The van der Waals surface area contributed by atoms with Gasteiger partial charge in [-0.05, 0) is 30.7 Å². The standard InChI is InChI=1S/C15H22N6O4/c1-10-12(11(2)25-18-10)7-24-14-4-6-23-8-13(14)17-15(22)3-5-21-9-16-19-20-21/h9,13-14H,3-8H2,1-2H3,(H,17,22)/t13-,14+/m0/s1. The minimum atomic E-state index is -0.185. The predicted molar refractivity (Wildman–Crippen MR) is 84.4 cm³/mol. The number of ether oxygens (including phenoxy) is 2. The van der Waals surface area contributed by atoms with Gasteiger partial charge in [-0.1, -0.05) is 5.16 Å². The van der Waals surface area contributed by atoms with Gasteiger partial charge in [-0.25, -0.2) is 4.68 Å². The summed E-state index contributed by atoms with van der Waals surface area (Å²) >= 11 is 0. The van der Waals surface area contributed by atoms with E-state index in [2.05, 4.69) is 26.0 Å². The van der Waals surface area contributed by atoms with Crippen LogP contribution in [0.25, 0.3) is 0 Å². The van der Waals surface area contributed by atoms with Crippen molar-refractivity contribution in [3.63, 3.8) is 0 Å². The number of carbonyl (C=O) groups is 1. The summed E-state index contributed by atoms with van der Waals surface area (Å²) in [5.41, 5.74) is 1.78. The highest BCUT2D eigenvalue weighted by molar-refractivity contribution is 5.76. The van der Waals surface area contributed by atoms with Gasteiger partial charge in [0.2, 0.25) is 5.91 Å². The Morgan fingerprint density at radius 3 is 3.08 bits per heavy atom. The second-order valence-electron chi connectivity index (χ2n) is 6.01. The molecular formula is C15H22N6O4. The Kier molecular flexibility index (Phi) is 5.71. The largest absolute Gasteiger partial charge is 0.379 e. The fourth-order valence-electron chi connectivity index (χ4n) is 2.73. The summed E-state index contributed by atoms with van der Waals surface area (Å²) in [6, 6.07) is -0.185. The van der Waals surface area contributed by atoms with Crippen molar-refractivity contribution in [2.45, 2.75) is 52.0 Å². The Morgan fingerprint density at radius 1 is 1.48 bits per heavy atom. The normalized spacial score (nSPS) is 20.6. The zero-order chi connectivity index (χ0) is 17.6. The van der Waals surface area contributed by atoms with Gasteiger partial charge in [0.25, 0.3) is 0 Å². The van der Waals surface area contributed by atoms with E-state index < -0.39 is 0 Å². The number of hydrogen-bond acceptors (Lipinski definition) is 8. The SMILES string of the molecule is Cc1noc(C)c1CO[C@@H]1CCOC[C@@H]1NC(=O)CCn1cnnn1. The van der Waals surface area contributed by atoms with Crippen LogP contribution in [0.2, 0.25) is 0 Å². The summed E-state index contributed by atoms with van der Waals surface area (Å²) in [6.07, 6.45) is 2.38. The molecule has 10 nitrogen and oxygen atoms in total. The van der Waals surface area contributed by atoms with Gasteiger partial charge in [-0.3, -0.25) is 4.79 Å². The molecule has 10 heteroatoms. The van der Waals surface area contributed by atoms with Crippen LogP contribution in [0.15, 0.2) is 10.9 Å². The molecule has 3 heterocycles. The quantitative estimate of drug-likeness (QED) is 0.750. The van der Waals surface area contributed by atoms with Crippen LogP contribution < -0.4 is 5.32 Å². The van der Waals surface area contributed by atoms with Gasteiger partial charge in [0.05, 0.1) is 37.6 Å². The highest BCUT2D eigenvalue weighted by Crippen LogP contribution is 2.18. The molecule has 0 aromatic carbocycles. The first-order valence-corrected chi connectivity index (χ1v) is 8.24. The zero-order valence-corrected chi connectivity index (χ0v) is 14.3. The monoisotopic (exact) mass is 350 g/mol. The summed E-state index contributed by atoms with van der Waals surface area (Å²) in [5.74, 6) is 0.670. The Balaban J connectivity index is 1.50. The van der Waals surface area contributed by atoms with E-state index in [1.54, 1.807) is 0 Å². The average molecular weight is 350 g/mol. The molecule has 25 heavy (non-hydrogen) atoms. The lowest BCUT2D eigenvalue weighted by Gasteiger charge is -2.32. The fraction of sp³-hybridized carbons (Fsp3) is 0.667. The number of aryl methyl sites for hydroxylation is 3. The summed E-state index contributed by atoms with van der Waals surface area (Å²) in [5, 5.41) is 17.7. The van der Waals surface area contributed by atoms with Crippen molar-refractivity contribution in [1.82, 2.24) is 30.7 Å². The Hall–Kier alpha value is -2.33. The van der Waals surface area contributed by atoms with E-state index in [1.807, 2.05) is 13.8 Å². The number of hydrogen-bond donors (Lipinski definition) is 1. The third-order valence-electron chi connectivity index (χ3n) is 4.22. The van der Waals surface area contributed by atoms with Crippen molar-refractivity contribution in [3.05, 3.63) is 23.3 Å². The number of amides is 1. The number of aromatic nitrogens is 5. The molecule has 1 aliphatic heterocycles. The van der Waals surface area contributed by atoms with Crippen LogP contribution in [0.5, 0.6) is 0 Å². The van der Waals surface area contributed by atoms with Crippen LogP contribution in [-0.2, 0) is 27.4 Å². The molecule has 136 valence electrons. The molecule has 1 saturated heterocycles. The molecular weight excluding hydrogens is 328 g/mol. The first-order valence-electron chi connectivity index (χ1n) is 8.24. The van der Waals surface area contributed by atoms with E-state index in [0.29, 0.717) is 26.4 Å². The van der Waals surface area contributed by atoms with Gasteiger partial charge < -0.3 is 19.3 Å². The van der Waals surface area contributed by atoms with Crippen LogP contribution in [0.1, 0.15) is 29.9 Å². The Morgan fingerprint density at radius 2 is 2.36 bits per heavy atom. The van der Waals surface area contributed by atoms with Crippen LogP contribution in [0.3, 0.4) is 0 Å². The molecule has 0 aliphatic carbocycles. The fourth-order valence-corrected chi connectivity index (χ4v) is 2.73. The molecule has 0 radical (unpaired) electrons. The number of tetrazole rings is 1. The molecule has 1 fully saturated rings. The number of nitrogens with zero attached hydrogens (tertiary/aromatic N) is 5. The second kappa shape index (κ2) is 8.17. The van der Waals surface area contributed by atoms with E-state index in [9.17, 15) is 4.79 Å². The number of carbonyl (C=O) groups excluding carboxylic acids is 1. The molecule has 3 rings (SSSR count). The molecule has 0 unspecified atom stereocenters. The van der Waals surface area contributed by atoms with Crippen LogP contribution in [0, 0.1) is 13.8 Å². The second-order valence-corrected chi connectivity index (χ2v) is 6.01. The first-order chi connectivity index (χ1) is 12.1. The molecule has 2 aromatic heterocycles. The molecule has 0 saturated carbocycles. The van der Waals surface area contributed by atoms with Crippen LogP contribution >= 0.6 is 0 Å². The van der Waals surface area contributed by atoms with Crippen molar-refractivity contribution >= 4 is 5.91 Å². The van der Waals surface area contributed by atoms with E-state index in [0.717, 1.165) is 23.4 Å². The van der Waals surface area contributed by atoms with Gasteiger partial charge in [0.15, 0.2) is 0 Å². The molecule has 0 spiro atoms. The lowest BCUT2D eigenvalue weighted by Crippen LogP contribution is -2.50. The topological polar surface area (TPSA) is 117 Å². The van der Waals surface area contributed by atoms with E-state index in [-0.39, 0.29) is 24.5 Å². The number of rotatable bonds is 7. The summed E-state index contributed by atoms with van der Waals surface area (Å²) in [6.45, 7) is 5.63. The highest BCUT2D eigenvalue weighted by Gasteiger charge is 2.28. The summed E-state index contributed by atoms with van der Waals surface area (Å²) < 4.78 is 18.2. The van der Waals surface area contributed by atoms with Gasteiger partial charge in [0.1, 0.15) is 12.1 Å². The molecule has 2 aromatic rings.